The first kappa shape index (κ1) is 11.4. The lowest BCUT2D eigenvalue weighted by atomic mass is 10.0. The molecule has 2 nitrogen and oxygen atoms in total. The summed E-state index contributed by atoms with van der Waals surface area (Å²) in [7, 11) is 0. The van der Waals surface area contributed by atoms with Crippen molar-refractivity contribution in [2.75, 3.05) is 6.54 Å². The molecule has 2 atom stereocenters. The van der Waals surface area contributed by atoms with E-state index in [1.54, 1.807) is 6.20 Å². The molecule has 1 heterocycles. The molecule has 0 aromatic carbocycles. The Morgan fingerprint density at radius 2 is 2.27 bits per heavy atom. The maximum atomic E-state index is 5.91. The van der Waals surface area contributed by atoms with E-state index in [2.05, 4.69) is 34.8 Å². The van der Waals surface area contributed by atoms with E-state index in [9.17, 15) is 0 Å². The van der Waals surface area contributed by atoms with Gasteiger partial charge >= 0.3 is 0 Å². The van der Waals surface area contributed by atoms with E-state index in [0.29, 0.717) is 17.0 Å². The monoisotopic (exact) mass is 288 g/mol. The van der Waals surface area contributed by atoms with E-state index in [1.165, 1.54) is 5.56 Å². The number of aromatic nitrogens is 1. The smallest absolute Gasteiger partial charge is 0.129 e. The fourth-order valence-electron chi connectivity index (χ4n) is 2.47. The van der Waals surface area contributed by atoms with E-state index < -0.39 is 0 Å². The third kappa shape index (κ3) is 1.81. The second-order valence-electron chi connectivity index (χ2n) is 4.67. The Morgan fingerprint density at radius 1 is 1.60 bits per heavy atom. The predicted molar refractivity (Wildman–Crippen MR) is 66.0 cm³/mol. The number of hydrogen-bond acceptors (Lipinski definition) is 2. The minimum absolute atomic E-state index is 0.280. The molecule has 4 heteroatoms. The van der Waals surface area contributed by atoms with Gasteiger partial charge in [-0.2, -0.15) is 0 Å². The first-order valence-corrected chi connectivity index (χ1v) is 6.16. The highest BCUT2D eigenvalue weighted by Crippen LogP contribution is 2.64. The average molecular weight is 290 g/mol. The third-order valence-corrected chi connectivity index (χ3v) is 4.36. The number of nitrogens with zero attached hydrogens (tertiary/aromatic N) is 1. The predicted octanol–water partition coefficient (Wildman–Crippen LogP) is 3.20. The summed E-state index contributed by atoms with van der Waals surface area (Å²) < 4.78 is 1.03. The van der Waals surface area contributed by atoms with Crippen LogP contribution in [0.15, 0.2) is 16.7 Å². The molecule has 1 aliphatic carbocycles. The fourth-order valence-corrected chi connectivity index (χ4v) is 3.10. The molecule has 2 rings (SSSR count). The Bertz CT molecular complexity index is 392. The van der Waals surface area contributed by atoms with Crippen LogP contribution in [0.3, 0.4) is 0 Å². The number of nitrogens with two attached hydrogens (primary N) is 1. The van der Waals surface area contributed by atoms with Crippen LogP contribution >= 0.6 is 27.5 Å². The van der Waals surface area contributed by atoms with Gasteiger partial charge in [-0.15, -0.1) is 0 Å². The van der Waals surface area contributed by atoms with Gasteiger partial charge in [0.05, 0.1) is 0 Å². The zero-order chi connectivity index (χ0) is 11.2. The van der Waals surface area contributed by atoms with Crippen molar-refractivity contribution in [3.63, 3.8) is 0 Å². The largest absolute Gasteiger partial charge is 0.330 e. The highest BCUT2D eigenvalue weighted by molar-refractivity contribution is 9.10. The van der Waals surface area contributed by atoms with Gasteiger partial charge in [0.1, 0.15) is 5.15 Å². The zero-order valence-corrected chi connectivity index (χ0v) is 11.1. The molecule has 0 saturated heterocycles. The first-order valence-electron chi connectivity index (χ1n) is 4.99. The molecule has 0 bridgehead atoms. The van der Waals surface area contributed by atoms with Gasteiger partial charge in [0.2, 0.25) is 0 Å². The molecule has 0 unspecified atom stereocenters. The lowest BCUT2D eigenvalue weighted by molar-refractivity contribution is 0.558. The average Bonchev–Trinajstić information content (AvgIpc) is 2.72. The minimum atomic E-state index is 0.280. The van der Waals surface area contributed by atoms with Crippen LogP contribution in [0.5, 0.6) is 0 Å². The van der Waals surface area contributed by atoms with Crippen LogP contribution in [-0.2, 0) is 0 Å². The molecule has 1 saturated carbocycles. The molecule has 2 N–H and O–H groups in total. The van der Waals surface area contributed by atoms with Crippen molar-refractivity contribution in [3.8, 4) is 0 Å². The van der Waals surface area contributed by atoms with Gasteiger partial charge in [0.15, 0.2) is 0 Å². The van der Waals surface area contributed by atoms with Crippen molar-refractivity contribution in [3.05, 3.63) is 27.5 Å². The molecule has 0 spiro atoms. The first-order chi connectivity index (χ1) is 6.98. The van der Waals surface area contributed by atoms with E-state index in [1.807, 2.05) is 6.07 Å². The van der Waals surface area contributed by atoms with Crippen molar-refractivity contribution in [2.24, 2.45) is 17.1 Å². The molecule has 0 amide bonds. The highest BCUT2D eigenvalue weighted by Gasteiger charge is 2.57. The van der Waals surface area contributed by atoms with Gasteiger partial charge < -0.3 is 5.73 Å². The Kier molecular flexibility index (Phi) is 2.82. The number of pyridine rings is 1. The maximum absolute atomic E-state index is 5.91. The fraction of sp³-hybridized carbons (Fsp3) is 0.545. The van der Waals surface area contributed by atoms with Gasteiger partial charge in [-0.25, -0.2) is 4.98 Å². The normalized spacial score (nSPS) is 27.8. The molecule has 1 fully saturated rings. The standard InChI is InChI=1S/C11H14BrClN2/c1-11(2)7(4-14)10(11)6-3-9(13)15-5-8(6)12/h3,5,7,10H,4,14H2,1-2H3/t7-,10-/m0/s1. The summed E-state index contributed by atoms with van der Waals surface area (Å²) in [6.45, 7) is 5.22. The molecule has 15 heavy (non-hydrogen) atoms. The Balaban J connectivity index is 2.36. The number of rotatable bonds is 2. The Morgan fingerprint density at radius 3 is 2.80 bits per heavy atom. The van der Waals surface area contributed by atoms with Gasteiger partial charge in [-0.1, -0.05) is 25.4 Å². The van der Waals surface area contributed by atoms with E-state index >= 15 is 0 Å². The maximum Gasteiger partial charge on any atom is 0.129 e. The van der Waals surface area contributed by atoms with Crippen LogP contribution < -0.4 is 5.73 Å². The van der Waals surface area contributed by atoms with Crippen LogP contribution in [0.4, 0.5) is 0 Å². The Hall–Kier alpha value is -0.120. The van der Waals surface area contributed by atoms with Crippen LogP contribution in [0, 0.1) is 11.3 Å². The number of hydrogen-bond donors (Lipinski definition) is 1. The molecular weight excluding hydrogens is 275 g/mol. The lowest BCUT2D eigenvalue weighted by Crippen LogP contribution is -2.05. The summed E-state index contributed by atoms with van der Waals surface area (Å²) in [6, 6.07) is 1.94. The minimum Gasteiger partial charge on any atom is -0.330 e. The summed E-state index contributed by atoms with van der Waals surface area (Å²) in [5, 5.41) is 0.548. The molecule has 1 aliphatic rings. The SMILES string of the molecule is CC1(C)[C@@H](CN)[C@@H]1c1cc(Cl)ncc1Br. The topological polar surface area (TPSA) is 38.9 Å². The molecule has 82 valence electrons. The van der Waals surface area contributed by atoms with Gasteiger partial charge in [0, 0.05) is 10.7 Å². The molecule has 1 aromatic rings. The molecular formula is C11H14BrClN2. The summed E-state index contributed by atoms with van der Waals surface area (Å²) >= 11 is 9.43. The van der Waals surface area contributed by atoms with Crippen LogP contribution in [0.25, 0.3) is 0 Å². The molecule has 0 aliphatic heterocycles. The van der Waals surface area contributed by atoms with Crippen molar-refractivity contribution in [2.45, 2.75) is 19.8 Å². The molecule has 0 radical (unpaired) electrons. The quantitative estimate of drug-likeness (QED) is 0.849. The van der Waals surface area contributed by atoms with Crippen LogP contribution in [-0.4, -0.2) is 11.5 Å². The van der Waals surface area contributed by atoms with Gasteiger partial charge in [0.25, 0.3) is 0 Å². The van der Waals surface area contributed by atoms with E-state index in [4.69, 9.17) is 17.3 Å². The van der Waals surface area contributed by atoms with Crippen LogP contribution in [0.2, 0.25) is 5.15 Å². The summed E-state index contributed by atoms with van der Waals surface area (Å²) in [6.07, 6.45) is 1.76. The highest BCUT2D eigenvalue weighted by atomic mass is 79.9. The van der Waals surface area contributed by atoms with Crippen molar-refractivity contribution in [1.82, 2.24) is 4.98 Å². The second kappa shape index (κ2) is 3.72. The van der Waals surface area contributed by atoms with E-state index in [0.717, 1.165) is 11.0 Å². The second-order valence-corrected chi connectivity index (χ2v) is 5.91. The van der Waals surface area contributed by atoms with Crippen molar-refractivity contribution in [1.29, 1.82) is 0 Å². The summed E-state index contributed by atoms with van der Waals surface area (Å²) in [4.78, 5) is 4.04. The van der Waals surface area contributed by atoms with E-state index in [-0.39, 0.29) is 5.41 Å². The van der Waals surface area contributed by atoms with Gasteiger partial charge in [-0.05, 0) is 51.4 Å². The molecule has 1 aromatic heterocycles. The van der Waals surface area contributed by atoms with Crippen molar-refractivity contribution >= 4 is 27.5 Å². The van der Waals surface area contributed by atoms with Crippen molar-refractivity contribution < 1.29 is 0 Å². The van der Waals surface area contributed by atoms with Gasteiger partial charge in [-0.3, -0.25) is 0 Å². The lowest BCUT2D eigenvalue weighted by Gasteiger charge is -2.05. The summed E-state index contributed by atoms with van der Waals surface area (Å²) in [5.74, 6) is 1.05. The summed E-state index contributed by atoms with van der Waals surface area (Å²) in [5.41, 5.74) is 7.27. The number of halogens is 2. The third-order valence-electron chi connectivity index (χ3n) is 3.49. The zero-order valence-electron chi connectivity index (χ0n) is 8.80. The Labute approximate surface area is 103 Å². The van der Waals surface area contributed by atoms with Crippen LogP contribution in [0.1, 0.15) is 25.3 Å².